The van der Waals surface area contributed by atoms with Crippen LogP contribution in [-0.4, -0.2) is 28.2 Å². The van der Waals surface area contributed by atoms with E-state index in [2.05, 4.69) is 27.2 Å². The average molecular weight is 407 g/mol. The lowest BCUT2D eigenvalue weighted by atomic mass is 10.2. The van der Waals surface area contributed by atoms with Crippen molar-refractivity contribution in [3.05, 3.63) is 76.9 Å². The third-order valence-corrected chi connectivity index (χ3v) is 5.29. The molecule has 0 fully saturated rings. The molecule has 0 atom stereocenters. The second-order valence-electron chi connectivity index (χ2n) is 6.67. The smallest absolute Gasteiger partial charge is 0.255 e. The minimum absolute atomic E-state index is 0.0203. The van der Waals surface area contributed by atoms with Crippen molar-refractivity contribution in [3.63, 3.8) is 0 Å². The number of nitrogens with zero attached hydrogens (tertiary/aromatic N) is 2. The van der Waals surface area contributed by atoms with E-state index in [9.17, 15) is 9.59 Å². The van der Waals surface area contributed by atoms with Gasteiger partial charge in [-0.3, -0.25) is 14.6 Å². The first-order valence-corrected chi connectivity index (χ1v) is 9.93. The van der Waals surface area contributed by atoms with E-state index < -0.39 is 0 Å². The van der Waals surface area contributed by atoms with E-state index in [1.807, 2.05) is 25.1 Å². The summed E-state index contributed by atoms with van der Waals surface area (Å²) in [6.07, 6.45) is 3.47. The highest BCUT2D eigenvalue weighted by atomic mass is 32.1. The van der Waals surface area contributed by atoms with Crippen LogP contribution in [0.1, 0.15) is 39.4 Å². The molecule has 3 aromatic heterocycles. The van der Waals surface area contributed by atoms with Crippen LogP contribution in [-0.2, 0) is 6.54 Å². The van der Waals surface area contributed by atoms with Gasteiger partial charge in [-0.1, -0.05) is 18.2 Å². The minimum Gasteiger partial charge on any atom is -0.365 e. The van der Waals surface area contributed by atoms with E-state index in [1.54, 1.807) is 37.5 Å². The second-order valence-corrected chi connectivity index (χ2v) is 7.75. The van der Waals surface area contributed by atoms with Crippen LogP contribution in [0, 0.1) is 0 Å². The first-order chi connectivity index (χ1) is 13.9. The molecular formula is C22H22N4O2S. The normalized spacial score (nSPS) is 10.4. The van der Waals surface area contributed by atoms with Crippen LogP contribution in [0.4, 0.5) is 5.82 Å². The molecule has 0 radical (unpaired) electrons. The average Bonchev–Trinajstić information content (AvgIpc) is 3.22. The lowest BCUT2D eigenvalue weighted by Gasteiger charge is -2.13. The van der Waals surface area contributed by atoms with Crippen molar-refractivity contribution in [2.45, 2.75) is 20.4 Å². The molecule has 7 heteroatoms. The van der Waals surface area contributed by atoms with Gasteiger partial charge in [-0.2, -0.15) is 0 Å². The molecule has 3 rings (SSSR count). The van der Waals surface area contributed by atoms with E-state index in [0.717, 1.165) is 16.0 Å². The van der Waals surface area contributed by atoms with E-state index >= 15 is 0 Å². The number of anilines is 1. The zero-order valence-electron chi connectivity index (χ0n) is 16.4. The first-order valence-electron chi connectivity index (χ1n) is 9.11. The number of rotatable bonds is 8. The number of Topliss-reactive ketones (excluding diaryl/α,β-unsaturated/α-hetero) is 1. The standard InChI is InChI=1S/C22H22N4O2S/c1-14(2)11-25-22(28)17-6-7-18(20-9-8-19(29-20)15(3)27)26-21(17)24-13-16-5-4-10-23-12-16/h4-10,12H,1,11,13H2,2-3H3,(H,24,26)(H,25,28). The Morgan fingerprint density at radius 2 is 1.97 bits per heavy atom. The van der Waals surface area contributed by atoms with Crippen LogP contribution >= 0.6 is 11.3 Å². The molecule has 0 saturated carbocycles. The minimum atomic E-state index is -0.226. The predicted molar refractivity (Wildman–Crippen MR) is 116 cm³/mol. The maximum absolute atomic E-state index is 12.6. The molecule has 1 amide bonds. The molecule has 148 valence electrons. The number of thiophene rings is 1. The number of nitrogens with one attached hydrogen (secondary N) is 2. The fraction of sp³-hybridized carbons (Fsp3) is 0.182. The van der Waals surface area contributed by atoms with Gasteiger partial charge in [-0.15, -0.1) is 11.3 Å². The van der Waals surface area contributed by atoms with E-state index in [4.69, 9.17) is 0 Å². The molecule has 29 heavy (non-hydrogen) atoms. The summed E-state index contributed by atoms with van der Waals surface area (Å²) in [5, 5.41) is 6.08. The predicted octanol–water partition coefficient (Wildman–Crippen LogP) is 4.33. The van der Waals surface area contributed by atoms with Gasteiger partial charge in [-0.25, -0.2) is 4.98 Å². The third-order valence-electron chi connectivity index (χ3n) is 4.08. The molecule has 0 bridgehead atoms. The highest BCUT2D eigenvalue weighted by Crippen LogP contribution is 2.29. The molecule has 0 spiro atoms. The van der Waals surface area contributed by atoms with Gasteiger partial charge >= 0.3 is 0 Å². The highest BCUT2D eigenvalue weighted by molar-refractivity contribution is 7.17. The zero-order chi connectivity index (χ0) is 20.8. The second kappa shape index (κ2) is 9.25. The number of pyridine rings is 2. The van der Waals surface area contributed by atoms with Crippen molar-refractivity contribution < 1.29 is 9.59 Å². The Morgan fingerprint density at radius 1 is 1.14 bits per heavy atom. The highest BCUT2D eigenvalue weighted by Gasteiger charge is 2.15. The fourth-order valence-corrected chi connectivity index (χ4v) is 3.47. The molecular weight excluding hydrogens is 384 g/mol. The number of amides is 1. The molecule has 0 aliphatic rings. The SMILES string of the molecule is C=C(C)CNC(=O)c1ccc(-c2ccc(C(C)=O)s2)nc1NCc1cccnc1. The number of hydrogen-bond donors (Lipinski definition) is 2. The molecule has 3 aromatic rings. The van der Waals surface area contributed by atoms with Crippen LogP contribution in [0.3, 0.4) is 0 Å². The Kier molecular flexibility index (Phi) is 6.51. The maximum atomic E-state index is 12.6. The molecule has 0 unspecified atom stereocenters. The molecule has 0 aromatic carbocycles. The van der Waals surface area contributed by atoms with Crippen LogP contribution < -0.4 is 10.6 Å². The lowest BCUT2D eigenvalue weighted by Crippen LogP contribution is -2.26. The van der Waals surface area contributed by atoms with Crippen molar-refractivity contribution in [3.8, 4) is 10.6 Å². The summed E-state index contributed by atoms with van der Waals surface area (Å²) in [5.41, 5.74) is 2.99. The number of ketones is 1. The van der Waals surface area contributed by atoms with Crippen LogP contribution in [0.5, 0.6) is 0 Å². The molecule has 0 aliphatic heterocycles. The Bertz CT molecular complexity index is 1040. The van der Waals surface area contributed by atoms with Crippen molar-refractivity contribution in [1.29, 1.82) is 0 Å². The van der Waals surface area contributed by atoms with Gasteiger partial charge < -0.3 is 10.6 Å². The zero-order valence-corrected chi connectivity index (χ0v) is 17.2. The Hall–Kier alpha value is -3.32. The lowest BCUT2D eigenvalue weighted by molar-refractivity contribution is 0.0956. The quantitative estimate of drug-likeness (QED) is 0.430. The van der Waals surface area contributed by atoms with Crippen molar-refractivity contribution in [2.24, 2.45) is 0 Å². The van der Waals surface area contributed by atoms with Gasteiger partial charge in [0.1, 0.15) is 5.82 Å². The molecule has 2 N–H and O–H groups in total. The van der Waals surface area contributed by atoms with Crippen LogP contribution in [0.25, 0.3) is 10.6 Å². The van der Waals surface area contributed by atoms with Crippen molar-refractivity contribution in [1.82, 2.24) is 15.3 Å². The first kappa shape index (κ1) is 20.4. The largest absolute Gasteiger partial charge is 0.365 e. The summed E-state index contributed by atoms with van der Waals surface area (Å²) in [6.45, 7) is 8.08. The summed E-state index contributed by atoms with van der Waals surface area (Å²) >= 11 is 1.38. The maximum Gasteiger partial charge on any atom is 0.255 e. The van der Waals surface area contributed by atoms with Gasteiger partial charge in [0.05, 0.1) is 21.0 Å². The van der Waals surface area contributed by atoms with E-state index in [0.29, 0.717) is 35.0 Å². The number of aromatic nitrogens is 2. The number of carbonyl (C=O) groups excluding carboxylic acids is 2. The summed E-state index contributed by atoms with van der Waals surface area (Å²) in [4.78, 5) is 34.6. The summed E-state index contributed by atoms with van der Waals surface area (Å²) in [6, 6.07) is 11.0. The van der Waals surface area contributed by atoms with E-state index in [-0.39, 0.29) is 11.7 Å². The molecule has 6 nitrogen and oxygen atoms in total. The summed E-state index contributed by atoms with van der Waals surface area (Å²) in [5.74, 6) is 0.270. The van der Waals surface area contributed by atoms with E-state index in [1.165, 1.54) is 11.3 Å². The van der Waals surface area contributed by atoms with Crippen molar-refractivity contribution >= 4 is 28.8 Å². The number of hydrogen-bond acceptors (Lipinski definition) is 6. The van der Waals surface area contributed by atoms with Crippen LogP contribution in [0.2, 0.25) is 0 Å². The topological polar surface area (TPSA) is 84.0 Å². The number of carbonyl (C=O) groups is 2. The third kappa shape index (κ3) is 5.36. The van der Waals surface area contributed by atoms with Gasteiger partial charge in [0, 0.05) is 25.5 Å². The van der Waals surface area contributed by atoms with Gasteiger partial charge in [0.15, 0.2) is 5.78 Å². The molecule has 3 heterocycles. The Morgan fingerprint density at radius 3 is 2.62 bits per heavy atom. The van der Waals surface area contributed by atoms with Gasteiger partial charge in [0.25, 0.3) is 5.91 Å². The molecule has 0 aliphatic carbocycles. The van der Waals surface area contributed by atoms with Gasteiger partial charge in [-0.05, 0) is 49.7 Å². The summed E-state index contributed by atoms with van der Waals surface area (Å²) < 4.78 is 0. The summed E-state index contributed by atoms with van der Waals surface area (Å²) in [7, 11) is 0. The monoisotopic (exact) mass is 406 g/mol. The Balaban J connectivity index is 1.90. The van der Waals surface area contributed by atoms with Gasteiger partial charge in [0.2, 0.25) is 0 Å². The van der Waals surface area contributed by atoms with Crippen molar-refractivity contribution in [2.75, 3.05) is 11.9 Å². The fourth-order valence-electron chi connectivity index (χ4n) is 2.59. The van der Waals surface area contributed by atoms with Crippen LogP contribution in [0.15, 0.2) is 60.9 Å². The Labute approximate surface area is 173 Å². The molecule has 0 saturated heterocycles.